The Morgan fingerprint density at radius 2 is 1.14 bits per heavy atom. The first-order valence-corrected chi connectivity index (χ1v) is 12.7. The maximum atomic E-state index is 5.42. The molecule has 0 atom stereocenters. The third-order valence-corrected chi connectivity index (χ3v) is 10.5. The number of ether oxygens (including phenoxy) is 2. The molecule has 0 heterocycles. The van der Waals surface area contributed by atoms with Crippen LogP contribution in [0, 0.1) is 0 Å². The molecule has 2 aliphatic rings. The van der Waals surface area contributed by atoms with Gasteiger partial charge in [0, 0.05) is 0 Å². The smallest absolute Gasteiger partial charge is 0.147 e. The van der Waals surface area contributed by atoms with Gasteiger partial charge in [0.05, 0.1) is 0 Å². The summed E-state index contributed by atoms with van der Waals surface area (Å²) in [6.45, 7) is 0. The predicted molar refractivity (Wildman–Crippen MR) is 122 cm³/mol. The van der Waals surface area contributed by atoms with Crippen LogP contribution in [-0.2, 0) is 22.9 Å². The molecule has 2 nitrogen and oxygen atoms in total. The maximum absolute atomic E-state index is 5.42. The topological polar surface area (TPSA) is 18.5 Å². The van der Waals surface area contributed by atoms with E-state index in [1.54, 1.807) is 20.9 Å². The Kier molecular flexibility index (Phi) is 9.01. The normalized spacial score (nSPS) is 14.6. The van der Waals surface area contributed by atoms with E-state index in [-0.39, 0.29) is 24.8 Å². The van der Waals surface area contributed by atoms with Crippen molar-refractivity contribution in [3.05, 3.63) is 90.6 Å². The number of methoxy groups -OCH3 is 2. The van der Waals surface area contributed by atoms with E-state index in [2.05, 4.69) is 60.7 Å². The van der Waals surface area contributed by atoms with Gasteiger partial charge in [0.1, 0.15) is 0 Å². The second kappa shape index (κ2) is 11.0. The second-order valence-electron chi connectivity index (χ2n) is 6.59. The minimum absolute atomic E-state index is 0. The fourth-order valence-corrected chi connectivity index (χ4v) is 9.04. The van der Waals surface area contributed by atoms with E-state index in [0.29, 0.717) is 0 Å². The number of hydrogen-bond donors (Lipinski definition) is 0. The van der Waals surface area contributed by atoms with Gasteiger partial charge in [0.2, 0.25) is 0 Å². The van der Waals surface area contributed by atoms with E-state index in [0.717, 1.165) is 24.3 Å². The van der Waals surface area contributed by atoms with Crippen molar-refractivity contribution in [2.24, 2.45) is 0 Å². The zero-order chi connectivity index (χ0) is 18.6. The molecule has 0 N–H and O–H groups in total. The summed E-state index contributed by atoms with van der Waals surface area (Å²) in [5.41, 5.74) is 5.39. The van der Waals surface area contributed by atoms with E-state index in [4.69, 9.17) is 9.47 Å². The van der Waals surface area contributed by atoms with Crippen molar-refractivity contribution < 1.29 is 32.4 Å². The first-order chi connectivity index (χ1) is 13.3. The van der Waals surface area contributed by atoms with E-state index in [9.17, 15) is 0 Å². The van der Waals surface area contributed by atoms with Crippen molar-refractivity contribution in [2.45, 2.75) is 12.8 Å². The first-order valence-electron chi connectivity index (χ1n) is 9.14. The molecule has 0 amide bonds. The second-order valence-corrected chi connectivity index (χ2v) is 11.8. The molecule has 29 heavy (non-hydrogen) atoms. The van der Waals surface area contributed by atoms with Gasteiger partial charge >= 0.3 is 173 Å². The molecule has 0 unspecified atom stereocenters. The molecular formula is C24H24Cl2HfO2. The summed E-state index contributed by atoms with van der Waals surface area (Å²) >= 11 is -1.10. The summed E-state index contributed by atoms with van der Waals surface area (Å²) in [6.07, 6.45) is 11.4. The minimum Gasteiger partial charge on any atom is -0.147 e. The summed E-state index contributed by atoms with van der Waals surface area (Å²) < 4.78 is 14.2. The third kappa shape index (κ3) is 5.33. The van der Waals surface area contributed by atoms with Crippen LogP contribution in [0.25, 0.3) is 11.1 Å². The first kappa shape index (κ1) is 23.7. The third-order valence-electron chi connectivity index (χ3n) is 4.93. The van der Waals surface area contributed by atoms with Crippen LogP contribution in [0.3, 0.4) is 0 Å². The molecule has 2 aromatic rings. The van der Waals surface area contributed by atoms with Crippen LogP contribution in [0.4, 0.5) is 0 Å². The molecule has 5 heteroatoms. The van der Waals surface area contributed by atoms with Crippen molar-refractivity contribution in [3.8, 4) is 11.5 Å². The van der Waals surface area contributed by atoms with Gasteiger partial charge < -0.3 is 0 Å². The van der Waals surface area contributed by atoms with Gasteiger partial charge in [-0.15, -0.1) is 24.8 Å². The molecule has 0 aromatic heterocycles. The van der Waals surface area contributed by atoms with E-state index in [1.165, 1.54) is 22.3 Å². The quantitative estimate of drug-likeness (QED) is 0.348. The van der Waals surface area contributed by atoms with Crippen LogP contribution in [0.5, 0.6) is 11.5 Å². The monoisotopic (exact) mass is 594 g/mol. The Labute approximate surface area is 196 Å². The molecule has 0 aliphatic heterocycles. The molecule has 0 spiro atoms. The average Bonchev–Trinajstić information content (AvgIpc) is 3.38. The Morgan fingerprint density at radius 1 is 0.690 bits per heavy atom. The summed E-state index contributed by atoms with van der Waals surface area (Å²) in [6, 6.07) is 16.9. The van der Waals surface area contributed by atoms with Gasteiger partial charge in [-0.05, 0) is 0 Å². The zero-order valence-corrected chi connectivity index (χ0v) is 21.7. The van der Waals surface area contributed by atoms with Gasteiger partial charge in [-0.2, -0.15) is 0 Å². The number of benzene rings is 2. The van der Waals surface area contributed by atoms with Crippen molar-refractivity contribution >= 4 is 36.0 Å². The molecule has 2 aromatic carbocycles. The van der Waals surface area contributed by atoms with Crippen molar-refractivity contribution in [2.75, 3.05) is 14.2 Å². The fraction of sp³-hybridized carbons (Fsp3) is 0.167. The number of rotatable bonds is 6. The van der Waals surface area contributed by atoms with Gasteiger partial charge in [0.15, 0.2) is 0 Å². The average molecular weight is 594 g/mol. The van der Waals surface area contributed by atoms with Crippen LogP contribution >= 0.6 is 24.8 Å². The summed E-state index contributed by atoms with van der Waals surface area (Å²) in [7, 11) is 3.46. The Morgan fingerprint density at radius 3 is 1.55 bits per heavy atom. The molecule has 0 saturated heterocycles. The van der Waals surface area contributed by atoms with Crippen LogP contribution in [0.1, 0.15) is 24.0 Å². The van der Waals surface area contributed by atoms with Gasteiger partial charge in [-0.3, -0.25) is 0 Å². The van der Waals surface area contributed by atoms with Gasteiger partial charge in [-0.1, -0.05) is 0 Å². The molecule has 0 saturated carbocycles. The Hall–Kier alpha value is -1.55. The Balaban J connectivity index is 0.00000150. The molecule has 0 radical (unpaired) electrons. The van der Waals surface area contributed by atoms with Gasteiger partial charge in [0.25, 0.3) is 0 Å². The SMILES string of the molecule is COc1cccc(C2=[C]([Hf][C]3=C(c4cccc(OC)c4)C=CC3)CC=C2)c1.Cl.Cl. The number of hydrogen-bond acceptors (Lipinski definition) is 2. The largest absolute Gasteiger partial charge is 0.147 e. The molecule has 150 valence electrons. The summed E-state index contributed by atoms with van der Waals surface area (Å²) in [5.74, 6) is 1.85. The van der Waals surface area contributed by atoms with Crippen molar-refractivity contribution in [3.63, 3.8) is 0 Å². The molecule has 0 bridgehead atoms. The van der Waals surface area contributed by atoms with Crippen LogP contribution in [0.15, 0.2) is 79.5 Å². The van der Waals surface area contributed by atoms with Crippen LogP contribution in [-0.4, -0.2) is 14.2 Å². The zero-order valence-electron chi connectivity index (χ0n) is 16.5. The van der Waals surface area contributed by atoms with E-state index in [1.807, 2.05) is 12.1 Å². The summed E-state index contributed by atoms with van der Waals surface area (Å²) in [5, 5.41) is 0. The van der Waals surface area contributed by atoms with E-state index < -0.39 is 22.9 Å². The molecule has 0 fully saturated rings. The van der Waals surface area contributed by atoms with Gasteiger partial charge in [-0.25, -0.2) is 0 Å². The molecular weight excluding hydrogens is 570 g/mol. The van der Waals surface area contributed by atoms with Crippen LogP contribution < -0.4 is 9.47 Å². The number of allylic oxidation sites excluding steroid dienone is 8. The molecule has 2 aliphatic carbocycles. The number of halogens is 2. The summed E-state index contributed by atoms with van der Waals surface area (Å²) in [4.78, 5) is 0. The van der Waals surface area contributed by atoms with E-state index >= 15 is 0 Å². The molecule has 4 rings (SSSR count). The van der Waals surface area contributed by atoms with Crippen LogP contribution in [0.2, 0.25) is 0 Å². The maximum Gasteiger partial charge on any atom is -0.147 e. The fourth-order valence-electron chi connectivity index (χ4n) is 3.55. The predicted octanol–water partition coefficient (Wildman–Crippen LogP) is 6.67. The minimum atomic E-state index is -1.10. The Bertz CT molecular complexity index is 910. The van der Waals surface area contributed by atoms with Crippen molar-refractivity contribution in [1.29, 1.82) is 0 Å². The van der Waals surface area contributed by atoms with Crippen molar-refractivity contribution in [1.82, 2.24) is 0 Å². The standard InChI is InChI=1S/2C12H11O.2ClH.Hf/c2*1-13-12-8-4-7-11(9-12)10-5-2-3-6-10;;;/h2*2,4-5,7-9H,3H2,1H3;2*1H;.